The van der Waals surface area contributed by atoms with Crippen LogP contribution in [0, 0.1) is 5.92 Å². The second-order valence-electron chi connectivity index (χ2n) is 7.43. The molecule has 2 aliphatic heterocycles. The number of allylic oxidation sites excluding steroid dienone is 1. The number of aliphatic imine (C=N–C) groups is 1. The maximum absolute atomic E-state index is 12.9. The summed E-state index contributed by atoms with van der Waals surface area (Å²) in [5, 5.41) is 0. The predicted octanol–water partition coefficient (Wildman–Crippen LogP) is 1.99. The predicted molar refractivity (Wildman–Crippen MR) is 110 cm³/mol. The second-order valence-corrected chi connectivity index (χ2v) is 7.43. The third kappa shape index (κ3) is 4.60. The van der Waals surface area contributed by atoms with Crippen LogP contribution in [0.5, 0.6) is 0 Å². The van der Waals surface area contributed by atoms with Crippen molar-refractivity contribution in [2.24, 2.45) is 10.9 Å². The van der Waals surface area contributed by atoms with Crippen LogP contribution in [-0.4, -0.2) is 83.7 Å². The molecule has 3 aliphatic rings. The number of hydrogen-bond acceptors (Lipinski definition) is 5. The van der Waals surface area contributed by atoms with Crippen LogP contribution in [-0.2, 0) is 14.3 Å². The number of fused-ring (bicyclic) bond motifs is 1. The quantitative estimate of drug-likeness (QED) is 0.617. The van der Waals surface area contributed by atoms with E-state index in [-0.39, 0.29) is 17.9 Å². The molecular weight excluding hydrogens is 388 g/mol. The number of rotatable bonds is 6. The van der Waals surface area contributed by atoms with Gasteiger partial charge in [0.15, 0.2) is 0 Å². The Hall–Kier alpha value is -2.97. The lowest BCUT2D eigenvalue weighted by atomic mass is 9.91. The average Bonchev–Trinajstić information content (AvgIpc) is 2.75. The third-order valence-electron chi connectivity index (χ3n) is 5.40. The molecule has 1 saturated heterocycles. The van der Waals surface area contributed by atoms with Crippen molar-refractivity contribution in [2.45, 2.75) is 33.1 Å². The number of carbonyl (C=O) groups is 4. The van der Waals surface area contributed by atoms with E-state index in [2.05, 4.69) is 11.9 Å². The maximum atomic E-state index is 12.9. The number of urea groups is 1. The second kappa shape index (κ2) is 9.69. The molecule has 0 spiro atoms. The summed E-state index contributed by atoms with van der Waals surface area (Å²) < 4.78 is 4.99. The SMILES string of the molecule is CCCCCN1C(=O)N=C2C=C(C(=O)N3CCN(C(=O)OCC)CC3)C=CC2C1=O. The maximum Gasteiger partial charge on any atom is 0.409 e. The van der Waals surface area contributed by atoms with E-state index in [1.807, 2.05) is 0 Å². The van der Waals surface area contributed by atoms with Crippen LogP contribution in [0.25, 0.3) is 0 Å². The fourth-order valence-electron chi connectivity index (χ4n) is 3.69. The number of amides is 5. The number of unbranched alkanes of at least 4 members (excludes halogenated alkanes) is 2. The lowest BCUT2D eigenvalue weighted by Crippen LogP contribution is -2.51. The summed E-state index contributed by atoms with van der Waals surface area (Å²) in [5.74, 6) is -1.12. The van der Waals surface area contributed by atoms with Crippen molar-refractivity contribution < 1.29 is 23.9 Å². The summed E-state index contributed by atoms with van der Waals surface area (Å²) in [7, 11) is 0. The van der Waals surface area contributed by atoms with Gasteiger partial charge in [-0.05, 0) is 19.4 Å². The number of piperazine rings is 1. The lowest BCUT2D eigenvalue weighted by Gasteiger charge is -2.35. The molecule has 0 aromatic rings. The largest absolute Gasteiger partial charge is 0.450 e. The van der Waals surface area contributed by atoms with E-state index in [0.29, 0.717) is 50.6 Å². The first-order valence-corrected chi connectivity index (χ1v) is 10.5. The molecule has 0 N–H and O–H groups in total. The van der Waals surface area contributed by atoms with E-state index < -0.39 is 11.9 Å². The van der Waals surface area contributed by atoms with Crippen molar-refractivity contribution in [3.8, 4) is 0 Å². The molecule has 0 aromatic heterocycles. The Morgan fingerprint density at radius 3 is 2.47 bits per heavy atom. The molecule has 0 radical (unpaired) electrons. The molecule has 1 unspecified atom stereocenters. The van der Waals surface area contributed by atoms with Crippen LogP contribution in [0.1, 0.15) is 33.1 Å². The summed E-state index contributed by atoms with van der Waals surface area (Å²) >= 11 is 0. The summed E-state index contributed by atoms with van der Waals surface area (Å²) in [6.45, 7) is 6.06. The van der Waals surface area contributed by atoms with Crippen molar-refractivity contribution in [1.82, 2.24) is 14.7 Å². The van der Waals surface area contributed by atoms with Crippen LogP contribution < -0.4 is 0 Å². The lowest BCUT2D eigenvalue weighted by molar-refractivity contribution is -0.130. The van der Waals surface area contributed by atoms with E-state index in [1.54, 1.807) is 28.9 Å². The zero-order chi connectivity index (χ0) is 21.7. The van der Waals surface area contributed by atoms with Gasteiger partial charge in [0.05, 0.1) is 18.2 Å². The van der Waals surface area contributed by atoms with Gasteiger partial charge >= 0.3 is 12.1 Å². The van der Waals surface area contributed by atoms with Gasteiger partial charge in [0, 0.05) is 38.3 Å². The van der Waals surface area contributed by atoms with Crippen LogP contribution in [0.2, 0.25) is 0 Å². The van der Waals surface area contributed by atoms with Crippen molar-refractivity contribution in [1.29, 1.82) is 0 Å². The minimum absolute atomic E-state index is 0.207. The first-order valence-electron chi connectivity index (χ1n) is 10.5. The number of carbonyl (C=O) groups excluding carboxylic acids is 4. The summed E-state index contributed by atoms with van der Waals surface area (Å²) in [6, 6.07) is -0.566. The molecule has 0 bridgehead atoms. The summed E-state index contributed by atoms with van der Waals surface area (Å²) in [4.78, 5) is 58.2. The van der Waals surface area contributed by atoms with Crippen molar-refractivity contribution >= 4 is 29.7 Å². The third-order valence-corrected chi connectivity index (χ3v) is 5.40. The first kappa shape index (κ1) is 21.7. The molecule has 1 atom stereocenters. The molecule has 162 valence electrons. The van der Waals surface area contributed by atoms with Gasteiger partial charge in [-0.15, -0.1) is 0 Å². The number of ether oxygens (including phenoxy) is 1. The van der Waals surface area contributed by atoms with Gasteiger partial charge in [-0.25, -0.2) is 9.59 Å². The highest BCUT2D eigenvalue weighted by Crippen LogP contribution is 2.24. The highest BCUT2D eigenvalue weighted by atomic mass is 16.6. The van der Waals surface area contributed by atoms with Gasteiger partial charge in [-0.2, -0.15) is 4.99 Å². The van der Waals surface area contributed by atoms with Gasteiger partial charge in [0.2, 0.25) is 5.91 Å². The van der Waals surface area contributed by atoms with Crippen LogP contribution in [0.3, 0.4) is 0 Å². The molecule has 5 amide bonds. The molecule has 2 heterocycles. The summed E-state index contributed by atoms with van der Waals surface area (Å²) in [5.41, 5.74) is 0.697. The van der Waals surface area contributed by atoms with Gasteiger partial charge in [0.25, 0.3) is 5.91 Å². The Balaban J connectivity index is 1.64. The standard InChI is InChI=1S/C21H28N4O5/c1-3-5-6-9-25-19(27)16-8-7-15(14-17(16)22-20(25)28)18(26)23-10-12-24(13-11-23)21(29)30-4-2/h7-8,14,16H,3-6,9-13H2,1-2H3. The molecule has 1 aliphatic carbocycles. The molecule has 30 heavy (non-hydrogen) atoms. The first-order chi connectivity index (χ1) is 14.5. The molecule has 0 saturated carbocycles. The van der Waals surface area contributed by atoms with Gasteiger partial charge in [0.1, 0.15) is 0 Å². The molecule has 1 fully saturated rings. The molecule has 0 aromatic carbocycles. The molecular formula is C21H28N4O5. The normalized spacial score (nSPS) is 21.3. The van der Waals surface area contributed by atoms with Crippen molar-refractivity contribution in [3.05, 3.63) is 23.8 Å². The fourth-order valence-corrected chi connectivity index (χ4v) is 3.69. The Labute approximate surface area is 176 Å². The van der Waals surface area contributed by atoms with E-state index in [1.165, 1.54) is 11.0 Å². The number of nitrogens with zero attached hydrogens (tertiary/aromatic N) is 4. The molecule has 9 nitrogen and oxygen atoms in total. The molecule has 9 heteroatoms. The van der Waals surface area contributed by atoms with E-state index >= 15 is 0 Å². The van der Waals surface area contributed by atoms with Gasteiger partial charge < -0.3 is 14.5 Å². The summed E-state index contributed by atoms with van der Waals surface area (Å²) in [6.07, 6.45) is 7.12. The number of imide groups is 1. The van der Waals surface area contributed by atoms with Crippen LogP contribution in [0.15, 0.2) is 28.8 Å². The molecule has 3 rings (SSSR count). The zero-order valence-corrected chi connectivity index (χ0v) is 17.5. The highest BCUT2D eigenvalue weighted by Gasteiger charge is 2.37. The van der Waals surface area contributed by atoms with E-state index in [4.69, 9.17) is 4.74 Å². The number of hydrogen-bond donors (Lipinski definition) is 0. The van der Waals surface area contributed by atoms with Gasteiger partial charge in [-0.3, -0.25) is 14.5 Å². The minimum Gasteiger partial charge on any atom is -0.450 e. The average molecular weight is 416 g/mol. The van der Waals surface area contributed by atoms with E-state index in [0.717, 1.165) is 19.3 Å². The van der Waals surface area contributed by atoms with Crippen LogP contribution >= 0.6 is 0 Å². The Bertz CT molecular complexity index is 808. The minimum atomic E-state index is -0.624. The Kier molecular flexibility index (Phi) is 7.02. The Morgan fingerprint density at radius 1 is 1.10 bits per heavy atom. The van der Waals surface area contributed by atoms with Crippen molar-refractivity contribution in [3.63, 3.8) is 0 Å². The fraction of sp³-hybridized carbons (Fsp3) is 0.571. The topological polar surface area (TPSA) is 99.6 Å². The van der Waals surface area contributed by atoms with Crippen LogP contribution in [0.4, 0.5) is 9.59 Å². The zero-order valence-electron chi connectivity index (χ0n) is 17.5. The smallest absolute Gasteiger partial charge is 0.409 e. The van der Waals surface area contributed by atoms with E-state index in [9.17, 15) is 19.2 Å². The monoisotopic (exact) mass is 416 g/mol. The highest BCUT2D eigenvalue weighted by molar-refractivity contribution is 6.23. The van der Waals surface area contributed by atoms with Crippen molar-refractivity contribution in [2.75, 3.05) is 39.3 Å². The van der Waals surface area contributed by atoms with Gasteiger partial charge in [-0.1, -0.05) is 31.9 Å². The Morgan fingerprint density at radius 2 is 1.80 bits per heavy atom.